The predicted octanol–water partition coefficient (Wildman–Crippen LogP) is 4.09. The van der Waals surface area contributed by atoms with Crippen LogP contribution in [0.3, 0.4) is 0 Å². The van der Waals surface area contributed by atoms with Crippen LogP contribution in [0.4, 0.5) is 10.2 Å². The van der Waals surface area contributed by atoms with Crippen molar-refractivity contribution in [3.63, 3.8) is 0 Å². The summed E-state index contributed by atoms with van der Waals surface area (Å²) in [4.78, 5) is 29.9. The van der Waals surface area contributed by atoms with E-state index in [1.165, 1.54) is 23.4 Å². The molecule has 0 saturated carbocycles. The minimum absolute atomic E-state index is 0.00587. The maximum Gasteiger partial charge on any atom is 0.256 e. The fourth-order valence-electron chi connectivity index (χ4n) is 4.48. The number of nitrogens with one attached hydrogen (secondary N) is 2. The minimum Gasteiger partial charge on any atom is -0.496 e. The Kier molecular flexibility index (Phi) is 6.23. The van der Waals surface area contributed by atoms with Crippen molar-refractivity contribution in [2.75, 3.05) is 25.5 Å². The van der Waals surface area contributed by atoms with E-state index in [2.05, 4.69) is 25.3 Å². The molecule has 4 N–H and O–H groups in total. The molecule has 5 rings (SSSR count). The van der Waals surface area contributed by atoms with Gasteiger partial charge in [-0.1, -0.05) is 17.7 Å². The van der Waals surface area contributed by atoms with Crippen LogP contribution in [0.15, 0.2) is 36.9 Å². The predicted molar refractivity (Wildman–Crippen MR) is 136 cm³/mol. The van der Waals surface area contributed by atoms with Gasteiger partial charge in [0.1, 0.15) is 23.4 Å². The number of hydrogen-bond acceptors (Lipinski definition) is 7. The normalized spacial score (nSPS) is 14.6. The van der Waals surface area contributed by atoms with Crippen LogP contribution in [-0.2, 0) is 0 Å². The molecule has 186 valence electrons. The maximum absolute atomic E-state index is 15.1. The molecule has 0 spiro atoms. The van der Waals surface area contributed by atoms with Crippen LogP contribution in [0.5, 0.6) is 5.75 Å². The Morgan fingerprint density at radius 2 is 2.08 bits per heavy atom. The molecule has 9 nitrogen and oxygen atoms in total. The summed E-state index contributed by atoms with van der Waals surface area (Å²) in [7, 11) is 1.56. The number of nitrogens with zero attached hydrogens (tertiary/aromatic N) is 4. The molecule has 1 saturated heterocycles. The number of amides is 1. The van der Waals surface area contributed by atoms with Crippen molar-refractivity contribution in [3.05, 3.63) is 64.5 Å². The van der Waals surface area contributed by atoms with E-state index in [1.54, 1.807) is 19.5 Å². The molecule has 0 radical (unpaired) electrons. The molecule has 1 amide bonds. The Bertz CT molecular complexity index is 1470. The van der Waals surface area contributed by atoms with E-state index in [9.17, 15) is 4.79 Å². The van der Waals surface area contributed by atoms with Gasteiger partial charge in [-0.3, -0.25) is 4.79 Å². The molecule has 1 atom stereocenters. The molecule has 36 heavy (non-hydrogen) atoms. The van der Waals surface area contributed by atoms with E-state index in [0.717, 1.165) is 11.1 Å². The molecule has 1 aliphatic rings. The van der Waals surface area contributed by atoms with Gasteiger partial charge in [0.05, 0.1) is 25.0 Å². The van der Waals surface area contributed by atoms with E-state index in [4.69, 9.17) is 22.1 Å². The average molecular weight is 510 g/mol. The highest BCUT2D eigenvalue weighted by atomic mass is 35.5. The van der Waals surface area contributed by atoms with Crippen LogP contribution in [0.1, 0.15) is 34.5 Å². The number of carbonyl (C=O) groups excluding carboxylic acids is 1. The van der Waals surface area contributed by atoms with Gasteiger partial charge in [-0.25, -0.2) is 19.3 Å². The molecule has 2 aromatic carbocycles. The standard InChI is InChI=1S/C25H25ClFN7O2/c1-12-18(26)7-17(13(2)33-24-21-23(30-10-29-21)31-11-32-24)22(36-3)20(12)14-4-5-16(19(27)6-14)25(35)34-8-15(28)9-34/h4-7,10-11,13,15H,8-9,28H2,1-3H3,(H2,29,30,31,32,33). The zero-order valence-corrected chi connectivity index (χ0v) is 20.7. The number of ether oxygens (including phenoxy) is 1. The van der Waals surface area contributed by atoms with Crippen molar-refractivity contribution in [2.45, 2.75) is 25.9 Å². The van der Waals surface area contributed by atoms with Crippen molar-refractivity contribution in [3.8, 4) is 16.9 Å². The minimum atomic E-state index is -0.617. The molecule has 0 aliphatic carbocycles. The Hall–Kier alpha value is -3.76. The quantitative estimate of drug-likeness (QED) is 0.358. The topological polar surface area (TPSA) is 122 Å². The third-order valence-corrected chi connectivity index (χ3v) is 6.82. The second-order valence-electron chi connectivity index (χ2n) is 8.83. The number of benzene rings is 2. The van der Waals surface area contributed by atoms with Crippen molar-refractivity contribution in [1.29, 1.82) is 0 Å². The number of fused-ring (bicyclic) bond motifs is 1. The lowest BCUT2D eigenvalue weighted by atomic mass is 9.93. The van der Waals surface area contributed by atoms with Gasteiger partial charge in [0.2, 0.25) is 0 Å². The number of anilines is 1. The molecule has 0 bridgehead atoms. The van der Waals surface area contributed by atoms with Crippen LogP contribution < -0.4 is 15.8 Å². The van der Waals surface area contributed by atoms with E-state index >= 15 is 4.39 Å². The van der Waals surface area contributed by atoms with Gasteiger partial charge in [0, 0.05) is 35.3 Å². The molecular weight excluding hydrogens is 485 g/mol. The molecule has 11 heteroatoms. The number of halogens is 2. The maximum atomic E-state index is 15.1. The summed E-state index contributed by atoms with van der Waals surface area (Å²) in [5, 5.41) is 3.84. The Labute approximate surface area is 211 Å². The number of aromatic amines is 1. The molecule has 3 heterocycles. The number of imidazole rings is 1. The van der Waals surface area contributed by atoms with Gasteiger partial charge in [-0.15, -0.1) is 0 Å². The van der Waals surface area contributed by atoms with Crippen LogP contribution in [0.2, 0.25) is 5.02 Å². The summed E-state index contributed by atoms with van der Waals surface area (Å²) >= 11 is 6.63. The number of carbonyl (C=O) groups is 1. The SMILES string of the molecule is COc1c(C(C)Nc2ncnc3[nH]cnc23)cc(Cl)c(C)c1-c1ccc(C(=O)N2CC(N)C2)c(F)c1. The Morgan fingerprint density at radius 3 is 2.78 bits per heavy atom. The first-order valence-electron chi connectivity index (χ1n) is 11.4. The third kappa shape index (κ3) is 4.12. The number of nitrogens with two attached hydrogens (primary N) is 1. The fraction of sp³-hybridized carbons (Fsp3) is 0.280. The van der Waals surface area contributed by atoms with Crippen molar-refractivity contribution in [2.24, 2.45) is 5.73 Å². The van der Waals surface area contributed by atoms with Gasteiger partial charge < -0.3 is 25.7 Å². The van der Waals surface area contributed by atoms with Crippen molar-refractivity contribution >= 4 is 34.5 Å². The second kappa shape index (κ2) is 9.36. The summed E-state index contributed by atoms with van der Waals surface area (Å²) in [5.74, 6) is 0.0997. The summed E-state index contributed by atoms with van der Waals surface area (Å²) in [6.07, 6.45) is 3.00. The molecule has 1 unspecified atom stereocenters. The number of hydrogen-bond donors (Lipinski definition) is 3. The molecule has 1 fully saturated rings. The lowest BCUT2D eigenvalue weighted by molar-refractivity contribution is 0.0603. The second-order valence-corrected chi connectivity index (χ2v) is 9.24. The lowest BCUT2D eigenvalue weighted by Gasteiger charge is -2.36. The van der Waals surface area contributed by atoms with Crippen LogP contribution in [0.25, 0.3) is 22.3 Å². The van der Waals surface area contributed by atoms with Gasteiger partial charge in [-0.2, -0.15) is 0 Å². The van der Waals surface area contributed by atoms with Gasteiger partial charge in [0.15, 0.2) is 11.5 Å². The molecule has 1 aliphatic heterocycles. The first kappa shape index (κ1) is 24.0. The highest BCUT2D eigenvalue weighted by Gasteiger charge is 2.30. The third-order valence-electron chi connectivity index (χ3n) is 6.43. The lowest BCUT2D eigenvalue weighted by Crippen LogP contribution is -2.57. The summed E-state index contributed by atoms with van der Waals surface area (Å²) < 4.78 is 21.0. The molecule has 2 aromatic heterocycles. The van der Waals surface area contributed by atoms with Gasteiger partial charge >= 0.3 is 0 Å². The number of rotatable bonds is 6. The number of H-pyrrole nitrogens is 1. The fourth-order valence-corrected chi connectivity index (χ4v) is 4.69. The molecular formula is C25H25ClFN7O2. The Balaban J connectivity index is 1.53. The van der Waals surface area contributed by atoms with Crippen molar-refractivity contribution < 1.29 is 13.9 Å². The van der Waals surface area contributed by atoms with Crippen LogP contribution >= 0.6 is 11.6 Å². The first-order valence-corrected chi connectivity index (χ1v) is 11.8. The number of likely N-dealkylation sites (tertiary alicyclic amines) is 1. The Morgan fingerprint density at radius 1 is 1.31 bits per heavy atom. The van der Waals surface area contributed by atoms with Crippen LogP contribution in [-0.4, -0.2) is 57.0 Å². The number of methoxy groups -OCH3 is 1. The average Bonchev–Trinajstić information content (AvgIpc) is 3.33. The zero-order chi connectivity index (χ0) is 25.6. The smallest absolute Gasteiger partial charge is 0.256 e. The van der Waals surface area contributed by atoms with Crippen LogP contribution in [0, 0.1) is 12.7 Å². The highest BCUT2D eigenvalue weighted by molar-refractivity contribution is 6.32. The highest BCUT2D eigenvalue weighted by Crippen LogP contribution is 2.43. The zero-order valence-electron chi connectivity index (χ0n) is 20.0. The summed E-state index contributed by atoms with van der Waals surface area (Å²) in [6.45, 7) is 4.63. The van der Waals surface area contributed by atoms with Crippen molar-refractivity contribution in [1.82, 2.24) is 24.8 Å². The summed E-state index contributed by atoms with van der Waals surface area (Å²) in [6, 6.07) is 6.00. The van der Waals surface area contributed by atoms with Gasteiger partial charge in [-0.05, 0) is 43.2 Å². The summed E-state index contributed by atoms with van der Waals surface area (Å²) in [5.41, 5.74) is 9.66. The van der Waals surface area contributed by atoms with Gasteiger partial charge in [0.25, 0.3) is 5.91 Å². The largest absolute Gasteiger partial charge is 0.496 e. The molecule has 4 aromatic rings. The monoisotopic (exact) mass is 509 g/mol. The number of aromatic nitrogens is 4. The first-order chi connectivity index (χ1) is 17.3. The van der Waals surface area contributed by atoms with E-state index < -0.39 is 5.82 Å². The van der Waals surface area contributed by atoms with E-state index in [1.807, 2.05) is 19.9 Å². The van der Waals surface area contributed by atoms with E-state index in [0.29, 0.717) is 52.0 Å². The van der Waals surface area contributed by atoms with E-state index in [-0.39, 0.29) is 23.6 Å².